The molecule has 3 aromatic heterocycles. The van der Waals surface area contributed by atoms with Crippen molar-refractivity contribution in [3.63, 3.8) is 0 Å². The van der Waals surface area contributed by atoms with Gasteiger partial charge in [-0.1, -0.05) is 12.1 Å². The molecule has 0 aromatic carbocycles. The summed E-state index contributed by atoms with van der Waals surface area (Å²) in [7, 11) is 0. The summed E-state index contributed by atoms with van der Waals surface area (Å²) in [6.07, 6.45) is 7.73. The summed E-state index contributed by atoms with van der Waals surface area (Å²) < 4.78 is 2.00. The number of amides is 1. The van der Waals surface area contributed by atoms with Gasteiger partial charge in [0.25, 0.3) is 0 Å². The lowest BCUT2D eigenvalue weighted by Gasteiger charge is -2.32. The van der Waals surface area contributed by atoms with Gasteiger partial charge >= 0.3 is 0 Å². The highest BCUT2D eigenvalue weighted by atomic mass is 16.1. The third-order valence-electron chi connectivity index (χ3n) is 4.86. The molecular weight excluding hydrogens is 326 g/mol. The largest absolute Gasteiger partial charge is 0.356 e. The fourth-order valence-electron chi connectivity index (χ4n) is 3.50. The van der Waals surface area contributed by atoms with E-state index >= 15 is 0 Å². The molecule has 1 amide bonds. The number of pyridine rings is 2. The molecule has 1 aliphatic rings. The first-order valence-corrected chi connectivity index (χ1v) is 9.07. The molecule has 1 aliphatic heterocycles. The number of rotatable bonds is 4. The van der Waals surface area contributed by atoms with Crippen LogP contribution >= 0.6 is 0 Å². The molecule has 3 aromatic rings. The van der Waals surface area contributed by atoms with Crippen LogP contribution in [-0.4, -0.2) is 33.4 Å². The number of fused-ring (bicyclic) bond motifs is 1. The molecule has 0 bridgehead atoms. The normalized spacial score (nSPS) is 17.4. The summed E-state index contributed by atoms with van der Waals surface area (Å²) in [5.74, 6) is 1.03. The molecule has 4 rings (SSSR count). The van der Waals surface area contributed by atoms with Crippen molar-refractivity contribution in [2.45, 2.75) is 26.3 Å². The Balaban J connectivity index is 1.38. The first-order chi connectivity index (χ1) is 12.7. The zero-order chi connectivity index (χ0) is 17.9. The van der Waals surface area contributed by atoms with Crippen LogP contribution in [0.15, 0.2) is 48.9 Å². The van der Waals surface area contributed by atoms with Gasteiger partial charge in [-0.15, -0.1) is 0 Å². The molecule has 26 heavy (non-hydrogen) atoms. The summed E-state index contributed by atoms with van der Waals surface area (Å²) >= 11 is 0. The lowest BCUT2D eigenvalue weighted by molar-refractivity contribution is -0.125. The van der Waals surface area contributed by atoms with Crippen LogP contribution in [0.1, 0.15) is 24.1 Å². The molecule has 0 radical (unpaired) electrons. The average molecular weight is 349 g/mol. The minimum absolute atomic E-state index is 0.00923. The van der Waals surface area contributed by atoms with Crippen molar-refractivity contribution in [3.8, 4) is 0 Å². The van der Waals surface area contributed by atoms with E-state index in [9.17, 15) is 4.79 Å². The highest BCUT2D eigenvalue weighted by Crippen LogP contribution is 2.21. The van der Waals surface area contributed by atoms with Crippen molar-refractivity contribution in [1.82, 2.24) is 19.7 Å². The third-order valence-corrected chi connectivity index (χ3v) is 4.86. The predicted molar refractivity (Wildman–Crippen MR) is 101 cm³/mol. The quantitative estimate of drug-likeness (QED) is 0.786. The predicted octanol–water partition coefficient (Wildman–Crippen LogP) is 2.57. The Kier molecular flexibility index (Phi) is 4.56. The third kappa shape index (κ3) is 3.54. The van der Waals surface area contributed by atoms with Gasteiger partial charge in [0.1, 0.15) is 11.5 Å². The summed E-state index contributed by atoms with van der Waals surface area (Å²) in [5, 5.41) is 3.05. The molecule has 6 heteroatoms. The first-order valence-electron chi connectivity index (χ1n) is 9.07. The van der Waals surface area contributed by atoms with Crippen LogP contribution in [0.25, 0.3) is 5.65 Å². The molecule has 0 spiro atoms. The zero-order valence-electron chi connectivity index (χ0n) is 14.9. The van der Waals surface area contributed by atoms with Gasteiger partial charge in [-0.25, -0.2) is 9.97 Å². The maximum atomic E-state index is 12.6. The fraction of sp³-hybridized carbons (Fsp3) is 0.350. The van der Waals surface area contributed by atoms with Gasteiger partial charge in [0.2, 0.25) is 5.91 Å². The summed E-state index contributed by atoms with van der Waals surface area (Å²) in [6, 6.07) is 9.93. The maximum absolute atomic E-state index is 12.6. The highest BCUT2D eigenvalue weighted by Gasteiger charge is 2.26. The van der Waals surface area contributed by atoms with Gasteiger partial charge in [0.05, 0.1) is 18.2 Å². The topological polar surface area (TPSA) is 62.5 Å². The van der Waals surface area contributed by atoms with Crippen LogP contribution in [0.5, 0.6) is 0 Å². The van der Waals surface area contributed by atoms with E-state index in [0.29, 0.717) is 13.1 Å². The summed E-state index contributed by atoms with van der Waals surface area (Å²) in [6.45, 7) is 4.18. The van der Waals surface area contributed by atoms with E-state index in [1.54, 1.807) is 6.20 Å². The van der Waals surface area contributed by atoms with Gasteiger partial charge < -0.3 is 14.6 Å². The smallest absolute Gasteiger partial charge is 0.225 e. The minimum atomic E-state index is -0.00923. The average Bonchev–Trinajstić information content (AvgIpc) is 3.09. The number of aryl methyl sites for hydroxylation is 1. The van der Waals surface area contributed by atoms with Crippen LogP contribution in [0.4, 0.5) is 5.82 Å². The number of anilines is 1. The van der Waals surface area contributed by atoms with Crippen LogP contribution in [0, 0.1) is 12.8 Å². The Hall–Kier alpha value is -2.89. The van der Waals surface area contributed by atoms with E-state index < -0.39 is 0 Å². The summed E-state index contributed by atoms with van der Waals surface area (Å²) in [4.78, 5) is 23.8. The van der Waals surface area contributed by atoms with Gasteiger partial charge in [-0.05, 0) is 43.5 Å². The molecule has 6 nitrogen and oxygen atoms in total. The van der Waals surface area contributed by atoms with E-state index in [4.69, 9.17) is 0 Å². The van der Waals surface area contributed by atoms with Crippen LogP contribution in [0.2, 0.25) is 0 Å². The Morgan fingerprint density at radius 2 is 2.19 bits per heavy atom. The molecule has 1 saturated heterocycles. The van der Waals surface area contributed by atoms with Crippen LogP contribution in [0.3, 0.4) is 0 Å². The molecule has 134 valence electrons. The number of carbonyl (C=O) groups excluding carboxylic acids is 1. The molecule has 1 atom stereocenters. The Labute approximate surface area is 152 Å². The SMILES string of the molecule is Cc1ccc2nc(CNC(=O)[C@H]3CCCN(c4ccccn4)C3)cn2c1. The van der Waals surface area contributed by atoms with E-state index in [1.165, 1.54) is 5.56 Å². The number of piperidine rings is 1. The molecule has 0 unspecified atom stereocenters. The monoisotopic (exact) mass is 349 g/mol. The van der Waals surface area contributed by atoms with Gasteiger partial charge in [0.15, 0.2) is 0 Å². The number of imidazole rings is 1. The lowest BCUT2D eigenvalue weighted by atomic mass is 9.97. The van der Waals surface area contributed by atoms with Crippen molar-refractivity contribution in [2.24, 2.45) is 5.92 Å². The number of aromatic nitrogens is 3. The Bertz CT molecular complexity index is 905. The lowest BCUT2D eigenvalue weighted by Crippen LogP contribution is -2.43. The standard InChI is InChI=1S/C20H23N5O/c1-15-7-8-19-23-17(14-25(19)12-15)11-22-20(26)16-5-4-10-24(13-16)18-6-2-3-9-21-18/h2-3,6-9,12,14,16H,4-5,10-11,13H2,1H3,(H,22,26)/t16-/m0/s1. The van der Waals surface area contributed by atoms with Crippen LogP contribution < -0.4 is 10.2 Å². The number of nitrogens with zero attached hydrogens (tertiary/aromatic N) is 4. The molecular formula is C20H23N5O. The molecule has 4 heterocycles. The second-order valence-corrected chi connectivity index (χ2v) is 6.90. The zero-order valence-corrected chi connectivity index (χ0v) is 14.9. The number of carbonyl (C=O) groups is 1. The highest BCUT2D eigenvalue weighted by molar-refractivity contribution is 5.79. The van der Waals surface area contributed by atoms with Gasteiger partial charge in [-0.3, -0.25) is 4.79 Å². The first kappa shape index (κ1) is 16.6. The second kappa shape index (κ2) is 7.15. The van der Waals surface area contributed by atoms with Crippen molar-refractivity contribution in [3.05, 3.63) is 60.2 Å². The van der Waals surface area contributed by atoms with Crippen LogP contribution in [-0.2, 0) is 11.3 Å². The molecule has 0 saturated carbocycles. The van der Waals surface area contributed by atoms with E-state index in [0.717, 1.165) is 36.5 Å². The number of hydrogen-bond donors (Lipinski definition) is 1. The number of hydrogen-bond acceptors (Lipinski definition) is 4. The molecule has 1 fully saturated rings. The maximum Gasteiger partial charge on any atom is 0.225 e. The Morgan fingerprint density at radius 3 is 3.04 bits per heavy atom. The fourth-order valence-corrected chi connectivity index (χ4v) is 3.50. The van der Waals surface area contributed by atoms with Gasteiger partial charge in [0, 0.05) is 31.7 Å². The van der Waals surface area contributed by atoms with E-state index in [2.05, 4.69) is 27.1 Å². The van der Waals surface area contributed by atoms with E-state index in [1.807, 2.05) is 47.1 Å². The van der Waals surface area contributed by atoms with Crippen molar-refractivity contribution >= 4 is 17.4 Å². The summed E-state index contributed by atoms with van der Waals surface area (Å²) in [5.41, 5.74) is 2.96. The Morgan fingerprint density at radius 1 is 1.27 bits per heavy atom. The van der Waals surface area contributed by atoms with Crippen molar-refractivity contribution < 1.29 is 4.79 Å². The minimum Gasteiger partial charge on any atom is -0.356 e. The van der Waals surface area contributed by atoms with E-state index in [-0.39, 0.29) is 11.8 Å². The second-order valence-electron chi connectivity index (χ2n) is 6.90. The van der Waals surface area contributed by atoms with Gasteiger partial charge in [-0.2, -0.15) is 0 Å². The van der Waals surface area contributed by atoms with Crippen molar-refractivity contribution in [1.29, 1.82) is 0 Å². The number of nitrogens with one attached hydrogen (secondary N) is 1. The van der Waals surface area contributed by atoms with Crippen molar-refractivity contribution in [2.75, 3.05) is 18.0 Å². The molecule has 0 aliphatic carbocycles. The molecule has 1 N–H and O–H groups in total.